The van der Waals surface area contributed by atoms with Gasteiger partial charge in [-0.25, -0.2) is 0 Å². The molecule has 106 valence electrons. The highest BCUT2D eigenvalue weighted by atomic mass is 15.3. The van der Waals surface area contributed by atoms with E-state index in [1.54, 1.807) is 0 Å². The fourth-order valence-electron chi connectivity index (χ4n) is 2.27. The molecule has 3 aromatic rings. The van der Waals surface area contributed by atoms with E-state index in [0.29, 0.717) is 11.4 Å². The van der Waals surface area contributed by atoms with Gasteiger partial charge in [0.25, 0.3) is 0 Å². The quantitative estimate of drug-likeness (QED) is 0.692. The van der Waals surface area contributed by atoms with E-state index in [4.69, 9.17) is 0 Å². The van der Waals surface area contributed by atoms with E-state index < -0.39 is 0 Å². The van der Waals surface area contributed by atoms with Crippen molar-refractivity contribution in [2.24, 2.45) is 7.05 Å². The van der Waals surface area contributed by atoms with E-state index in [2.05, 4.69) is 16.3 Å². The van der Waals surface area contributed by atoms with Crippen molar-refractivity contribution in [1.82, 2.24) is 14.8 Å². The van der Waals surface area contributed by atoms with E-state index in [1.807, 2.05) is 78.4 Å². The van der Waals surface area contributed by atoms with Gasteiger partial charge in [-0.3, -0.25) is 0 Å². The Bertz CT molecular complexity index is 840. The number of benzene rings is 2. The molecule has 4 nitrogen and oxygen atoms in total. The molecule has 0 fully saturated rings. The normalized spacial score (nSPS) is 11.2. The summed E-state index contributed by atoms with van der Waals surface area (Å²) in [6.45, 7) is 0. The molecule has 2 aromatic carbocycles. The first-order valence-corrected chi connectivity index (χ1v) is 6.91. The Hall–Kier alpha value is -3.19. The molecule has 0 bridgehead atoms. The molecule has 0 saturated heterocycles. The lowest BCUT2D eigenvalue weighted by Crippen LogP contribution is -1.98. The van der Waals surface area contributed by atoms with Crippen molar-refractivity contribution in [3.8, 4) is 17.5 Å². The first kappa shape index (κ1) is 13.8. The molecule has 0 aliphatic carbocycles. The molecular formula is C18H14N4. The van der Waals surface area contributed by atoms with Crippen molar-refractivity contribution in [2.45, 2.75) is 0 Å². The molecule has 1 aromatic heterocycles. The van der Waals surface area contributed by atoms with Gasteiger partial charge in [0, 0.05) is 12.6 Å². The van der Waals surface area contributed by atoms with Crippen LogP contribution in [0.4, 0.5) is 0 Å². The summed E-state index contributed by atoms with van der Waals surface area (Å²) in [5.74, 6) is 1.30. The Morgan fingerprint density at radius 1 is 1.00 bits per heavy atom. The van der Waals surface area contributed by atoms with E-state index in [1.165, 1.54) is 0 Å². The maximum absolute atomic E-state index is 9.45. The van der Waals surface area contributed by atoms with Gasteiger partial charge in [-0.1, -0.05) is 60.7 Å². The molecule has 3 rings (SSSR count). The van der Waals surface area contributed by atoms with Crippen LogP contribution in [0.3, 0.4) is 0 Å². The summed E-state index contributed by atoms with van der Waals surface area (Å²) in [7, 11) is 1.87. The highest BCUT2D eigenvalue weighted by Crippen LogP contribution is 2.21. The van der Waals surface area contributed by atoms with Crippen LogP contribution in [0, 0.1) is 11.3 Å². The van der Waals surface area contributed by atoms with Crippen LogP contribution in [0.5, 0.6) is 0 Å². The largest absolute Gasteiger partial charge is 0.310 e. The first-order valence-electron chi connectivity index (χ1n) is 6.91. The molecule has 0 spiro atoms. The van der Waals surface area contributed by atoms with Crippen molar-refractivity contribution in [3.05, 3.63) is 72.1 Å². The van der Waals surface area contributed by atoms with Crippen LogP contribution < -0.4 is 0 Å². The Balaban J connectivity index is 2.04. The molecule has 0 aliphatic rings. The maximum atomic E-state index is 9.45. The zero-order valence-electron chi connectivity index (χ0n) is 12.1. The first-order chi connectivity index (χ1) is 10.8. The van der Waals surface area contributed by atoms with E-state index >= 15 is 0 Å². The zero-order valence-corrected chi connectivity index (χ0v) is 12.1. The van der Waals surface area contributed by atoms with E-state index in [9.17, 15) is 5.26 Å². The predicted molar refractivity (Wildman–Crippen MR) is 86.4 cm³/mol. The van der Waals surface area contributed by atoms with Crippen molar-refractivity contribution in [3.63, 3.8) is 0 Å². The van der Waals surface area contributed by atoms with Crippen molar-refractivity contribution < 1.29 is 0 Å². The minimum Gasteiger partial charge on any atom is -0.310 e. The highest BCUT2D eigenvalue weighted by Gasteiger charge is 2.14. The number of allylic oxidation sites excluding steroid dienone is 1. The molecule has 1 heterocycles. The minimum atomic E-state index is 0.489. The third kappa shape index (κ3) is 2.65. The van der Waals surface area contributed by atoms with Crippen molar-refractivity contribution in [1.29, 1.82) is 5.26 Å². The SMILES string of the molecule is Cn1c(C(C#N)=Cc2ccccc2)nnc1-c1ccccc1. The second-order valence-electron chi connectivity index (χ2n) is 4.85. The second-order valence-corrected chi connectivity index (χ2v) is 4.85. The van der Waals surface area contributed by atoms with Gasteiger partial charge in [0.15, 0.2) is 11.6 Å². The second kappa shape index (κ2) is 6.06. The summed E-state index contributed by atoms with van der Waals surface area (Å²) in [5, 5.41) is 17.8. The molecule has 0 amide bonds. The Kier molecular flexibility index (Phi) is 3.80. The molecule has 4 heteroatoms. The highest BCUT2D eigenvalue weighted by molar-refractivity contribution is 5.87. The molecule has 0 N–H and O–H groups in total. The van der Waals surface area contributed by atoms with Crippen molar-refractivity contribution in [2.75, 3.05) is 0 Å². The summed E-state index contributed by atoms with van der Waals surface area (Å²) >= 11 is 0. The van der Waals surface area contributed by atoms with Crippen LogP contribution in [-0.4, -0.2) is 14.8 Å². The summed E-state index contributed by atoms with van der Waals surface area (Å²) < 4.78 is 1.84. The summed E-state index contributed by atoms with van der Waals surface area (Å²) in [5.41, 5.74) is 2.42. The van der Waals surface area contributed by atoms with Crippen LogP contribution in [-0.2, 0) is 7.05 Å². The number of aromatic nitrogens is 3. The van der Waals surface area contributed by atoms with Gasteiger partial charge in [0.2, 0.25) is 0 Å². The Morgan fingerprint density at radius 3 is 2.27 bits per heavy atom. The van der Waals surface area contributed by atoms with Crippen LogP contribution >= 0.6 is 0 Å². The number of hydrogen-bond acceptors (Lipinski definition) is 3. The van der Waals surface area contributed by atoms with Gasteiger partial charge < -0.3 is 4.57 Å². The fraction of sp³-hybridized carbons (Fsp3) is 0.0556. The Labute approximate surface area is 129 Å². The van der Waals surface area contributed by atoms with Gasteiger partial charge in [-0.05, 0) is 11.6 Å². The smallest absolute Gasteiger partial charge is 0.174 e. The standard InChI is InChI=1S/C18H14N4/c1-22-17(15-10-6-3-7-11-15)20-21-18(22)16(13-19)12-14-8-4-2-5-9-14/h2-12H,1H3. The topological polar surface area (TPSA) is 54.5 Å². The van der Waals surface area contributed by atoms with Crippen LogP contribution in [0.1, 0.15) is 11.4 Å². The van der Waals surface area contributed by atoms with Gasteiger partial charge in [-0.15, -0.1) is 10.2 Å². The maximum Gasteiger partial charge on any atom is 0.174 e. The molecule has 0 unspecified atom stereocenters. The van der Waals surface area contributed by atoms with E-state index in [0.717, 1.165) is 17.0 Å². The number of rotatable bonds is 3. The third-order valence-corrected chi connectivity index (χ3v) is 3.38. The average Bonchev–Trinajstić information content (AvgIpc) is 2.96. The molecule has 0 radical (unpaired) electrons. The number of nitrogens with zero attached hydrogens (tertiary/aromatic N) is 4. The predicted octanol–water partition coefficient (Wildman–Crippen LogP) is 3.55. The van der Waals surface area contributed by atoms with E-state index in [-0.39, 0.29) is 0 Å². The minimum absolute atomic E-state index is 0.489. The zero-order chi connectivity index (χ0) is 15.4. The van der Waals surface area contributed by atoms with Crippen LogP contribution in [0.15, 0.2) is 60.7 Å². The molecule has 0 saturated carbocycles. The van der Waals surface area contributed by atoms with Gasteiger partial charge in [0.05, 0.1) is 5.57 Å². The van der Waals surface area contributed by atoms with Crippen LogP contribution in [0.25, 0.3) is 23.0 Å². The average molecular weight is 286 g/mol. The molecular weight excluding hydrogens is 272 g/mol. The lowest BCUT2D eigenvalue weighted by atomic mass is 10.1. The lowest BCUT2D eigenvalue weighted by Gasteiger charge is -2.03. The molecule has 22 heavy (non-hydrogen) atoms. The fourth-order valence-corrected chi connectivity index (χ4v) is 2.27. The summed E-state index contributed by atoms with van der Waals surface area (Å²) in [4.78, 5) is 0. The third-order valence-electron chi connectivity index (χ3n) is 3.38. The number of nitriles is 1. The van der Waals surface area contributed by atoms with Gasteiger partial charge in [-0.2, -0.15) is 5.26 Å². The Morgan fingerprint density at radius 2 is 1.64 bits per heavy atom. The molecule has 0 atom stereocenters. The van der Waals surface area contributed by atoms with Gasteiger partial charge in [0.1, 0.15) is 6.07 Å². The monoisotopic (exact) mass is 286 g/mol. The molecule has 0 aliphatic heterocycles. The van der Waals surface area contributed by atoms with Gasteiger partial charge >= 0.3 is 0 Å². The summed E-state index contributed by atoms with van der Waals surface area (Å²) in [6, 6.07) is 21.7. The summed E-state index contributed by atoms with van der Waals surface area (Å²) in [6.07, 6.45) is 1.82. The number of hydrogen-bond donors (Lipinski definition) is 0. The van der Waals surface area contributed by atoms with Crippen LogP contribution in [0.2, 0.25) is 0 Å². The van der Waals surface area contributed by atoms with Crippen molar-refractivity contribution >= 4 is 11.6 Å². The lowest BCUT2D eigenvalue weighted by molar-refractivity contribution is 0.901.